The van der Waals surface area contributed by atoms with Crippen molar-refractivity contribution in [2.45, 2.75) is 19.9 Å². The van der Waals surface area contributed by atoms with E-state index in [0.717, 1.165) is 20.3 Å². The molecule has 1 aromatic rings. The van der Waals surface area contributed by atoms with Gasteiger partial charge in [-0.3, -0.25) is 4.79 Å². The first-order chi connectivity index (χ1) is 8.54. The lowest BCUT2D eigenvalue weighted by Gasteiger charge is -2.13. The van der Waals surface area contributed by atoms with E-state index in [1.54, 1.807) is 0 Å². The summed E-state index contributed by atoms with van der Waals surface area (Å²) in [5.74, 6) is 0.523. The zero-order chi connectivity index (χ0) is 13.5. The predicted molar refractivity (Wildman–Crippen MR) is 78.5 cm³/mol. The van der Waals surface area contributed by atoms with Crippen LogP contribution in [0.5, 0.6) is 5.75 Å². The standard InChI is InChI=1S/C12H16Br2N2O2/c1-2-18-12-8(5-9(13)6-10(12)14)7-16-4-3-11(15)17/h5-6,16H,2-4,7H2,1H3,(H2,15,17). The van der Waals surface area contributed by atoms with E-state index in [4.69, 9.17) is 10.5 Å². The fourth-order valence-electron chi connectivity index (χ4n) is 1.49. The van der Waals surface area contributed by atoms with Crippen LogP contribution in [0.4, 0.5) is 0 Å². The number of halogens is 2. The predicted octanol–water partition coefficient (Wildman–Crippen LogP) is 2.58. The Balaban J connectivity index is 2.70. The van der Waals surface area contributed by atoms with Gasteiger partial charge in [0.15, 0.2) is 0 Å². The van der Waals surface area contributed by atoms with E-state index in [2.05, 4.69) is 37.2 Å². The van der Waals surface area contributed by atoms with E-state index in [0.29, 0.717) is 26.1 Å². The lowest BCUT2D eigenvalue weighted by Crippen LogP contribution is -2.22. The molecule has 0 aliphatic carbocycles. The lowest BCUT2D eigenvalue weighted by atomic mass is 10.2. The van der Waals surface area contributed by atoms with Gasteiger partial charge >= 0.3 is 0 Å². The summed E-state index contributed by atoms with van der Waals surface area (Å²) in [5, 5.41) is 3.16. The van der Waals surface area contributed by atoms with Crippen LogP contribution in [0.3, 0.4) is 0 Å². The SMILES string of the molecule is CCOc1c(Br)cc(Br)cc1CNCCC(N)=O. The van der Waals surface area contributed by atoms with Gasteiger partial charge in [-0.1, -0.05) is 15.9 Å². The van der Waals surface area contributed by atoms with E-state index in [-0.39, 0.29) is 5.91 Å². The maximum atomic E-state index is 10.6. The summed E-state index contributed by atoms with van der Waals surface area (Å²) in [6, 6.07) is 3.94. The molecule has 100 valence electrons. The topological polar surface area (TPSA) is 64.3 Å². The maximum absolute atomic E-state index is 10.6. The number of carbonyl (C=O) groups is 1. The van der Waals surface area contributed by atoms with Crippen LogP contribution in [0.2, 0.25) is 0 Å². The molecule has 0 spiro atoms. The Kier molecular flexibility index (Phi) is 6.67. The van der Waals surface area contributed by atoms with Gasteiger partial charge < -0.3 is 15.8 Å². The number of carbonyl (C=O) groups excluding carboxylic acids is 1. The molecule has 0 bridgehead atoms. The second-order valence-electron chi connectivity index (χ2n) is 3.70. The summed E-state index contributed by atoms with van der Waals surface area (Å²) in [4.78, 5) is 10.6. The first-order valence-electron chi connectivity index (χ1n) is 5.64. The molecule has 0 saturated carbocycles. The van der Waals surface area contributed by atoms with Crippen LogP contribution in [0.1, 0.15) is 18.9 Å². The molecule has 0 radical (unpaired) electrons. The highest BCUT2D eigenvalue weighted by atomic mass is 79.9. The van der Waals surface area contributed by atoms with Crippen LogP contribution in [-0.4, -0.2) is 19.1 Å². The molecule has 6 heteroatoms. The minimum atomic E-state index is -0.303. The molecule has 0 atom stereocenters. The highest BCUT2D eigenvalue weighted by molar-refractivity contribution is 9.11. The molecule has 18 heavy (non-hydrogen) atoms. The molecule has 0 aliphatic heterocycles. The number of nitrogens with two attached hydrogens (primary N) is 1. The quantitative estimate of drug-likeness (QED) is 0.715. The third-order valence-corrected chi connectivity index (χ3v) is 3.28. The van der Waals surface area contributed by atoms with Crippen molar-refractivity contribution in [2.75, 3.05) is 13.2 Å². The Morgan fingerprint density at radius 1 is 1.44 bits per heavy atom. The molecule has 0 aromatic heterocycles. The average Bonchev–Trinajstić information content (AvgIpc) is 2.28. The summed E-state index contributed by atoms with van der Waals surface area (Å²) < 4.78 is 7.49. The van der Waals surface area contributed by atoms with Gasteiger partial charge in [0.1, 0.15) is 5.75 Å². The van der Waals surface area contributed by atoms with Crippen molar-refractivity contribution < 1.29 is 9.53 Å². The second-order valence-corrected chi connectivity index (χ2v) is 5.47. The molecule has 1 amide bonds. The molecule has 1 aromatic carbocycles. The van der Waals surface area contributed by atoms with Gasteiger partial charge in [-0.05, 0) is 35.0 Å². The van der Waals surface area contributed by atoms with Crippen molar-refractivity contribution in [3.05, 3.63) is 26.6 Å². The van der Waals surface area contributed by atoms with E-state index < -0.39 is 0 Å². The minimum absolute atomic E-state index is 0.303. The minimum Gasteiger partial charge on any atom is -0.492 e. The summed E-state index contributed by atoms with van der Waals surface area (Å²) in [7, 11) is 0. The molecule has 0 unspecified atom stereocenters. The van der Waals surface area contributed by atoms with Crippen molar-refractivity contribution >= 4 is 37.8 Å². The van der Waals surface area contributed by atoms with Gasteiger partial charge in [-0.15, -0.1) is 0 Å². The summed E-state index contributed by atoms with van der Waals surface area (Å²) in [6.45, 7) is 3.74. The van der Waals surface area contributed by atoms with Crippen molar-refractivity contribution in [2.24, 2.45) is 5.73 Å². The van der Waals surface area contributed by atoms with Gasteiger partial charge in [0.2, 0.25) is 5.91 Å². The molecule has 0 saturated heterocycles. The summed E-state index contributed by atoms with van der Waals surface area (Å²) >= 11 is 6.92. The van der Waals surface area contributed by atoms with Crippen molar-refractivity contribution in [1.82, 2.24) is 5.32 Å². The van der Waals surface area contributed by atoms with Crippen molar-refractivity contribution in [3.63, 3.8) is 0 Å². The van der Waals surface area contributed by atoms with E-state index in [9.17, 15) is 4.79 Å². The first kappa shape index (κ1) is 15.5. The Morgan fingerprint density at radius 2 is 2.17 bits per heavy atom. The monoisotopic (exact) mass is 378 g/mol. The van der Waals surface area contributed by atoms with Crippen molar-refractivity contribution in [1.29, 1.82) is 0 Å². The number of hydrogen-bond acceptors (Lipinski definition) is 3. The van der Waals surface area contributed by atoms with E-state index in [1.165, 1.54) is 0 Å². The normalized spacial score (nSPS) is 10.4. The Morgan fingerprint density at radius 3 is 2.78 bits per heavy atom. The van der Waals surface area contributed by atoms with Crippen LogP contribution in [0.25, 0.3) is 0 Å². The van der Waals surface area contributed by atoms with Gasteiger partial charge in [0.05, 0.1) is 11.1 Å². The highest BCUT2D eigenvalue weighted by Gasteiger charge is 2.09. The average molecular weight is 380 g/mol. The van der Waals surface area contributed by atoms with Crippen LogP contribution in [0.15, 0.2) is 21.1 Å². The largest absolute Gasteiger partial charge is 0.492 e. The third-order valence-electron chi connectivity index (χ3n) is 2.24. The summed E-state index contributed by atoms with van der Waals surface area (Å²) in [6.07, 6.45) is 0.332. The van der Waals surface area contributed by atoms with Crippen LogP contribution < -0.4 is 15.8 Å². The fourth-order valence-corrected chi connectivity index (χ4v) is 2.91. The molecule has 0 heterocycles. The summed E-state index contributed by atoms with van der Waals surface area (Å²) in [5.41, 5.74) is 6.11. The van der Waals surface area contributed by atoms with E-state index in [1.807, 2.05) is 19.1 Å². The molecule has 4 nitrogen and oxygen atoms in total. The van der Waals surface area contributed by atoms with Gasteiger partial charge in [-0.2, -0.15) is 0 Å². The first-order valence-corrected chi connectivity index (χ1v) is 7.23. The second kappa shape index (κ2) is 7.76. The number of hydrogen-bond donors (Lipinski definition) is 2. The Hall–Kier alpha value is -0.590. The fraction of sp³-hybridized carbons (Fsp3) is 0.417. The van der Waals surface area contributed by atoms with Crippen LogP contribution >= 0.6 is 31.9 Å². The Labute approximate surface area is 124 Å². The molecule has 0 fully saturated rings. The zero-order valence-electron chi connectivity index (χ0n) is 10.1. The number of primary amides is 1. The smallest absolute Gasteiger partial charge is 0.218 e. The zero-order valence-corrected chi connectivity index (χ0v) is 13.3. The van der Waals surface area contributed by atoms with Crippen LogP contribution in [0, 0.1) is 0 Å². The lowest BCUT2D eigenvalue weighted by molar-refractivity contribution is -0.117. The molecule has 1 rings (SSSR count). The maximum Gasteiger partial charge on any atom is 0.218 e. The molecule has 3 N–H and O–H groups in total. The third kappa shape index (κ3) is 4.96. The number of amides is 1. The van der Waals surface area contributed by atoms with Gasteiger partial charge in [0.25, 0.3) is 0 Å². The van der Waals surface area contributed by atoms with Crippen LogP contribution in [-0.2, 0) is 11.3 Å². The number of rotatable bonds is 7. The van der Waals surface area contributed by atoms with Crippen molar-refractivity contribution in [3.8, 4) is 5.75 Å². The number of ether oxygens (including phenoxy) is 1. The number of nitrogens with one attached hydrogen (secondary N) is 1. The van der Waals surface area contributed by atoms with Gasteiger partial charge in [0, 0.05) is 29.5 Å². The highest BCUT2D eigenvalue weighted by Crippen LogP contribution is 2.32. The number of benzene rings is 1. The Bertz CT molecular complexity index is 425. The molecular formula is C12H16Br2N2O2. The molecular weight excluding hydrogens is 364 g/mol. The van der Waals surface area contributed by atoms with Gasteiger partial charge in [-0.25, -0.2) is 0 Å². The molecule has 0 aliphatic rings. The van der Waals surface area contributed by atoms with E-state index >= 15 is 0 Å².